The third-order valence-corrected chi connectivity index (χ3v) is 6.03. The van der Waals surface area contributed by atoms with Gasteiger partial charge < -0.3 is 0 Å². The topological polar surface area (TPSA) is 23.8 Å². The van der Waals surface area contributed by atoms with E-state index in [0.29, 0.717) is 0 Å². The maximum atomic E-state index is 8.96. The summed E-state index contributed by atoms with van der Waals surface area (Å²) in [5.41, 5.74) is 0. The van der Waals surface area contributed by atoms with Gasteiger partial charge in [0, 0.05) is 0 Å². The molecule has 0 heterocycles. The van der Waals surface area contributed by atoms with Crippen molar-refractivity contribution in [2.75, 3.05) is 5.75 Å². The molecule has 0 aliphatic carbocycles. The quantitative estimate of drug-likeness (QED) is 0.282. The first-order valence-electron chi connectivity index (χ1n) is 8.29. The second-order valence-corrected chi connectivity index (χ2v) is 9.93. The van der Waals surface area contributed by atoms with Crippen LogP contribution in [0, 0.1) is 11.3 Å². The molecule has 1 nitrogen and oxygen atoms in total. The molecule has 122 valence electrons. The summed E-state index contributed by atoms with van der Waals surface area (Å²) in [5.74, 6) is 1.10. The summed E-state index contributed by atoms with van der Waals surface area (Å²) >= 11 is 8.57. The lowest BCUT2D eigenvalue weighted by Crippen LogP contribution is -2.12. The Hall–Kier alpha value is 0.280. The molecule has 4 heteroatoms. The molecule has 0 spiro atoms. The second-order valence-electron chi connectivity index (χ2n) is 6.00. The molecule has 0 fully saturated rings. The molecule has 0 radical (unpaired) electrons. The van der Waals surface area contributed by atoms with Crippen LogP contribution in [0.1, 0.15) is 85.0 Å². The van der Waals surface area contributed by atoms with E-state index in [1.807, 2.05) is 13.8 Å². The Morgan fingerprint density at radius 1 is 0.952 bits per heavy atom. The number of hydrogen-bond donors (Lipinski definition) is 0. The molecular weight excluding hydrogens is 314 g/mol. The Morgan fingerprint density at radius 2 is 1.43 bits per heavy atom. The third kappa shape index (κ3) is 15.0. The predicted molar refractivity (Wildman–Crippen MR) is 104 cm³/mol. The van der Waals surface area contributed by atoms with Gasteiger partial charge in [-0.25, -0.2) is 0 Å². The molecule has 0 N–H and O–H groups in total. The van der Waals surface area contributed by atoms with E-state index in [9.17, 15) is 0 Å². The molecular formula is C17H31NS3. The van der Waals surface area contributed by atoms with E-state index in [1.54, 1.807) is 11.8 Å². The summed E-state index contributed by atoms with van der Waals surface area (Å²) in [6.45, 7) is 6.11. The molecule has 0 amide bonds. The minimum absolute atomic E-state index is 0.387. The lowest BCUT2D eigenvalue weighted by molar-refractivity contribution is 0.563. The molecule has 0 aliphatic heterocycles. The van der Waals surface area contributed by atoms with E-state index < -0.39 is 0 Å². The molecule has 0 aromatic heterocycles. The molecule has 0 aromatic rings. The number of thiocarbonyl (C=S) groups is 1. The van der Waals surface area contributed by atoms with Crippen LogP contribution in [-0.4, -0.2) is 14.0 Å². The van der Waals surface area contributed by atoms with Crippen LogP contribution < -0.4 is 0 Å². The Labute approximate surface area is 146 Å². The smallest absolute Gasteiger partial charge is 0.105 e. The summed E-state index contributed by atoms with van der Waals surface area (Å²) in [4.78, 5) is 0. The number of nitrogens with zero attached hydrogens (tertiary/aromatic N) is 1. The number of unbranched alkanes of at least 4 members (excludes halogenated alkanes) is 9. The van der Waals surface area contributed by atoms with E-state index in [4.69, 9.17) is 17.5 Å². The van der Waals surface area contributed by atoms with Gasteiger partial charge >= 0.3 is 0 Å². The minimum Gasteiger partial charge on any atom is -0.197 e. The van der Waals surface area contributed by atoms with Gasteiger partial charge in [0.2, 0.25) is 0 Å². The van der Waals surface area contributed by atoms with Gasteiger partial charge in [-0.15, -0.1) is 11.8 Å². The zero-order valence-electron chi connectivity index (χ0n) is 14.0. The average molecular weight is 346 g/mol. The lowest BCUT2D eigenvalue weighted by Gasteiger charge is -2.14. The van der Waals surface area contributed by atoms with Crippen LogP contribution in [0.15, 0.2) is 0 Å². The number of nitriles is 1. The first-order chi connectivity index (χ1) is 10.0. The van der Waals surface area contributed by atoms with Crippen LogP contribution >= 0.6 is 35.7 Å². The Kier molecular flexibility index (Phi) is 14.1. The van der Waals surface area contributed by atoms with Gasteiger partial charge in [0.15, 0.2) is 0 Å². The molecule has 0 unspecified atom stereocenters. The average Bonchev–Trinajstić information content (AvgIpc) is 2.44. The fourth-order valence-corrected chi connectivity index (χ4v) is 4.97. The van der Waals surface area contributed by atoms with Crippen molar-refractivity contribution in [1.29, 1.82) is 5.26 Å². The maximum absolute atomic E-state index is 8.96. The summed E-state index contributed by atoms with van der Waals surface area (Å²) in [6.07, 6.45) is 13.7. The number of thioether (sulfide) groups is 2. The van der Waals surface area contributed by atoms with E-state index >= 15 is 0 Å². The lowest BCUT2D eigenvalue weighted by atomic mass is 10.1. The SMILES string of the molecule is CCCCCCCCCCCCSC(=S)SC(C)(C)C#N. The summed E-state index contributed by atoms with van der Waals surface area (Å²) < 4.78 is 0.527. The molecule has 0 saturated heterocycles. The van der Waals surface area contributed by atoms with Gasteiger partial charge in [-0.2, -0.15) is 5.26 Å². The van der Waals surface area contributed by atoms with Gasteiger partial charge in [0.05, 0.1) is 6.07 Å². The van der Waals surface area contributed by atoms with Crippen LogP contribution in [0.2, 0.25) is 0 Å². The van der Waals surface area contributed by atoms with E-state index in [0.717, 1.165) is 9.28 Å². The largest absolute Gasteiger partial charge is 0.197 e. The van der Waals surface area contributed by atoms with Crippen LogP contribution in [0.25, 0.3) is 0 Å². The predicted octanol–water partition coefficient (Wildman–Crippen LogP) is 6.96. The minimum atomic E-state index is -0.387. The number of hydrogen-bond acceptors (Lipinski definition) is 4. The van der Waals surface area contributed by atoms with Gasteiger partial charge in [0.25, 0.3) is 0 Å². The Morgan fingerprint density at radius 3 is 1.90 bits per heavy atom. The van der Waals surface area contributed by atoms with E-state index in [-0.39, 0.29) is 4.75 Å². The maximum Gasteiger partial charge on any atom is 0.105 e. The number of rotatable bonds is 12. The van der Waals surface area contributed by atoms with E-state index in [2.05, 4.69) is 13.0 Å². The van der Waals surface area contributed by atoms with Crippen molar-refractivity contribution in [3.05, 3.63) is 0 Å². The third-order valence-electron chi connectivity index (χ3n) is 3.33. The second kappa shape index (κ2) is 13.9. The van der Waals surface area contributed by atoms with Crippen LogP contribution in [0.5, 0.6) is 0 Å². The van der Waals surface area contributed by atoms with Crippen LogP contribution in [-0.2, 0) is 0 Å². The zero-order valence-corrected chi connectivity index (χ0v) is 16.4. The molecule has 0 aliphatic rings. The first kappa shape index (κ1) is 21.3. The van der Waals surface area contributed by atoms with Crippen molar-refractivity contribution >= 4 is 39.3 Å². The molecule has 0 bridgehead atoms. The highest BCUT2D eigenvalue weighted by atomic mass is 32.2. The summed E-state index contributed by atoms with van der Waals surface area (Å²) in [5, 5.41) is 8.96. The molecule has 0 rings (SSSR count). The monoisotopic (exact) mass is 345 g/mol. The summed E-state index contributed by atoms with van der Waals surface area (Å²) in [7, 11) is 0. The fraction of sp³-hybridized carbons (Fsp3) is 0.882. The van der Waals surface area contributed by atoms with Crippen molar-refractivity contribution in [1.82, 2.24) is 0 Å². The molecule has 21 heavy (non-hydrogen) atoms. The molecule has 0 aromatic carbocycles. The summed E-state index contributed by atoms with van der Waals surface area (Å²) in [6, 6.07) is 2.28. The van der Waals surface area contributed by atoms with E-state index in [1.165, 1.54) is 76.0 Å². The van der Waals surface area contributed by atoms with Crippen LogP contribution in [0.4, 0.5) is 0 Å². The van der Waals surface area contributed by atoms with Crippen molar-refractivity contribution in [2.45, 2.75) is 89.7 Å². The van der Waals surface area contributed by atoms with Crippen LogP contribution in [0.3, 0.4) is 0 Å². The molecule has 0 atom stereocenters. The Bertz CT molecular complexity index is 308. The van der Waals surface area contributed by atoms with Gasteiger partial charge in [-0.1, -0.05) is 88.7 Å². The molecule has 0 saturated carbocycles. The first-order valence-corrected chi connectivity index (χ1v) is 10.5. The standard InChI is InChI=1S/C17H31NS3/c1-4-5-6-7-8-9-10-11-12-13-14-20-16(19)21-17(2,3)15-18/h4-14H2,1-3H3. The highest BCUT2D eigenvalue weighted by Gasteiger charge is 2.19. The highest BCUT2D eigenvalue weighted by molar-refractivity contribution is 8.47. The van der Waals surface area contributed by atoms with Crippen molar-refractivity contribution in [3.8, 4) is 6.07 Å². The Balaban J connectivity index is 3.29. The van der Waals surface area contributed by atoms with Crippen molar-refractivity contribution in [2.24, 2.45) is 0 Å². The van der Waals surface area contributed by atoms with Crippen molar-refractivity contribution in [3.63, 3.8) is 0 Å². The van der Waals surface area contributed by atoms with Gasteiger partial charge in [-0.05, 0) is 26.0 Å². The zero-order chi connectivity index (χ0) is 16.0. The fourth-order valence-electron chi connectivity index (χ4n) is 2.01. The normalized spacial score (nSPS) is 11.3. The van der Waals surface area contributed by atoms with Crippen molar-refractivity contribution < 1.29 is 0 Å². The van der Waals surface area contributed by atoms with Gasteiger partial charge in [-0.3, -0.25) is 0 Å². The van der Waals surface area contributed by atoms with Gasteiger partial charge in [0.1, 0.15) is 8.28 Å². The highest BCUT2D eigenvalue weighted by Crippen LogP contribution is 2.30.